The monoisotopic (exact) mass is 351 g/mol. The van der Waals surface area contributed by atoms with Crippen LogP contribution < -0.4 is 0 Å². The molecule has 136 valence electrons. The van der Waals surface area contributed by atoms with Crippen molar-refractivity contribution in [1.82, 2.24) is 14.8 Å². The lowest BCUT2D eigenvalue weighted by Gasteiger charge is -2.32. The molecule has 0 spiro atoms. The number of nitrogens with zero attached hydrogens (tertiary/aromatic N) is 2. The van der Waals surface area contributed by atoms with Crippen LogP contribution in [0.5, 0.6) is 0 Å². The number of fused-ring (bicyclic) bond motifs is 1. The first-order chi connectivity index (χ1) is 12.7. The molecular formula is C21H25N3O2. The van der Waals surface area contributed by atoms with Crippen molar-refractivity contribution in [3.8, 4) is 0 Å². The molecule has 1 amide bonds. The zero-order valence-electron chi connectivity index (χ0n) is 15.1. The predicted octanol–water partition coefficient (Wildman–Crippen LogP) is 3.60. The van der Waals surface area contributed by atoms with Gasteiger partial charge in [0, 0.05) is 24.1 Å². The molecule has 1 aliphatic rings. The van der Waals surface area contributed by atoms with Gasteiger partial charge in [-0.05, 0) is 55.6 Å². The summed E-state index contributed by atoms with van der Waals surface area (Å²) in [6.45, 7) is 2.93. The SMILES string of the molecule is CN(Cc1ccco1)C(=O)CN1CCC(c2c[nH]c3ccccc23)CC1. The quantitative estimate of drug-likeness (QED) is 0.764. The topological polar surface area (TPSA) is 52.5 Å². The molecule has 5 heteroatoms. The number of nitrogens with one attached hydrogen (secondary N) is 1. The fourth-order valence-electron chi connectivity index (χ4n) is 3.87. The van der Waals surface area contributed by atoms with Gasteiger partial charge in [0.15, 0.2) is 0 Å². The lowest BCUT2D eigenvalue weighted by Crippen LogP contribution is -2.41. The molecule has 26 heavy (non-hydrogen) atoms. The third kappa shape index (κ3) is 3.53. The van der Waals surface area contributed by atoms with Gasteiger partial charge in [0.05, 0.1) is 19.4 Å². The third-order valence-corrected chi connectivity index (χ3v) is 5.41. The number of carbonyl (C=O) groups is 1. The van der Waals surface area contributed by atoms with E-state index in [0.29, 0.717) is 19.0 Å². The second-order valence-corrected chi connectivity index (χ2v) is 7.17. The Morgan fingerprint density at radius 1 is 1.23 bits per heavy atom. The number of H-pyrrole nitrogens is 1. The Hall–Kier alpha value is -2.53. The molecule has 0 atom stereocenters. The van der Waals surface area contributed by atoms with Crippen LogP contribution in [0.2, 0.25) is 0 Å². The number of furan rings is 1. The van der Waals surface area contributed by atoms with Gasteiger partial charge < -0.3 is 14.3 Å². The average molecular weight is 351 g/mol. The molecule has 1 N–H and O–H groups in total. The van der Waals surface area contributed by atoms with Gasteiger partial charge in [0.1, 0.15) is 5.76 Å². The van der Waals surface area contributed by atoms with Crippen molar-refractivity contribution in [2.45, 2.75) is 25.3 Å². The number of piperidine rings is 1. The van der Waals surface area contributed by atoms with Crippen LogP contribution in [0, 0.1) is 0 Å². The van der Waals surface area contributed by atoms with Crippen molar-refractivity contribution < 1.29 is 9.21 Å². The Bertz CT molecular complexity index is 860. The van der Waals surface area contributed by atoms with E-state index in [9.17, 15) is 4.79 Å². The van der Waals surface area contributed by atoms with Gasteiger partial charge in [-0.2, -0.15) is 0 Å². The first kappa shape index (κ1) is 16.9. The van der Waals surface area contributed by atoms with Gasteiger partial charge in [-0.15, -0.1) is 0 Å². The molecule has 2 aromatic heterocycles. The lowest BCUT2D eigenvalue weighted by atomic mass is 9.89. The summed E-state index contributed by atoms with van der Waals surface area (Å²) in [6, 6.07) is 12.2. The molecule has 0 saturated carbocycles. The summed E-state index contributed by atoms with van der Waals surface area (Å²) in [5.74, 6) is 1.53. The molecule has 1 fully saturated rings. The van der Waals surface area contributed by atoms with Crippen molar-refractivity contribution in [2.24, 2.45) is 0 Å². The number of carbonyl (C=O) groups excluding carboxylic acids is 1. The number of amides is 1. The van der Waals surface area contributed by atoms with Crippen LogP contribution in [-0.4, -0.2) is 47.4 Å². The molecule has 0 radical (unpaired) electrons. The minimum atomic E-state index is 0.145. The van der Waals surface area contributed by atoms with Crippen molar-refractivity contribution in [3.63, 3.8) is 0 Å². The average Bonchev–Trinajstić information content (AvgIpc) is 3.32. The first-order valence-corrected chi connectivity index (χ1v) is 9.25. The van der Waals surface area contributed by atoms with E-state index >= 15 is 0 Å². The van der Waals surface area contributed by atoms with Gasteiger partial charge in [0.25, 0.3) is 0 Å². The van der Waals surface area contributed by atoms with Gasteiger partial charge in [0.2, 0.25) is 5.91 Å². The lowest BCUT2D eigenvalue weighted by molar-refractivity contribution is -0.132. The van der Waals surface area contributed by atoms with E-state index in [4.69, 9.17) is 4.42 Å². The number of rotatable bonds is 5. The van der Waals surface area contributed by atoms with Gasteiger partial charge in [-0.25, -0.2) is 0 Å². The number of hydrogen-bond donors (Lipinski definition) is 1. The highest BCUT2D eigenvalue weighted by molar-refractivity contribution is 5.83. The fourth-order valence-corrected chi connectivity index (χ4v) is 3.87. The van der Waals surface area contributed by atoms with Gasteiger partial charge in [-0.3, -0.25) is 9.69 Å². The molecule has 1 saturated heterocycles. The molecule has 3 aromatic rings. The van der Waals surface area contributed by atoms with Crippen LogP contribution in [-0.2, 0) is 11.3 Å². The van der Waals surface area contributed by atoms with Crippen LogP contribution >= 0.6 is 0 Å². The molecular weight excluding hydrogens is 326 g/mol. The highest BCUT2D eigenvalue weighted by atomic mass is 16.3. The second kappa shape index (κ2) is 7.38. The summed E-state index contributed by atoms with van der Waals surface area (Å²) in [5.41, 5.74) is 2.63. The second-order valence-electron chi connectivity index (χ2n) is 7.17. The summed E-state index contributed by atoms with van der Waals surface area (Å²) in [5, 5.41) is 1.33. The molecule has 1 aliphatic heterocycles. The van der Waals surface area contributed by atoms with Gasteiger partial charge >= 0.3 is 0 Å². The summed E-state index contributed by atoms with van der Waals surface area (Å²) < 4.78 is 5.32. The van der Waals surface area contributed by atoms with E-state index in [1.54, 1.807) is 11.2 Å². The number of aromatic amines is 1. The standard InChI is InChI=1S/C21H25N3O2/c1-23(14-17-5-4-12-26-17)21(25)15-24-10-8-16(9-11-24)19-13-22-20-7-3-2-6-18(19)20/h2-7,12-13,16,22H,8-11,14-15H2,1H3. The molecule has 0 unspecified atom stereocenters. The first-order valence-electron chi connectivity index (χ1n) is 9.25. The molecule has 0 aliphatic carbocycles. The van der Waals surface area contributed by atoms with E-state index in [0.717, 1.165) is 31.7 Å². The normalized spacial score (nSPS) is 16.2. The maximum atomic E-state index is 12.5. The van der Waals surface area contributed by atoms with E-state index in [1.807, 2.05) is 19.2 Å². The highest BCUT2D eigenvalue weighted by Crippen LogP contribution is 2.33. The Balaban J connectivity index is 1.31. The predicted molar refractivity (Wildman–Crippen MR) is 102 cm³/mol. The summed E-state index contributed by atoms with van der Waals surface area (Å²) in [4.78, 5) is 19.9. The molecule has 1 aromatic carbocycles. The summed E-state index contributed by atoms with van der Waals surface area (Å²) >= 11 is 0. The number of benzene rings is 1. The number of hydrogen-bond acceptors (Lipinski definition) is 3. The highest BCUT2D eigenvalue weighted by Gasteiger charge is 2.24. The van der Waals surface area contributed by atoms with Crippen molar-refractivity contribution in [1.29, 1.82) is 0 Å². The van der Waals surface area contributed by atoms with Gasteiger partial charge in [-0.1, -0.05) is 18.2 Å². The smallest absolute Gasteiger partial charge is 0.236 e. The summed E-state index contributed by atoms with van der Waals surface area (Å²) in [6.07, 6.45) is 5.99. The van der Waals surface area contributed by atoms with Crippen LogP contribution in [0.4, 0.5) is 0 Å². The van der Waals surface area contributed by atoms with Crippen molar-refractivity contribution in [2.75, 3.05) is 26.7 Å². The Morgan fingerprint density at radius 2 is 2.04 bits per heavy atom. The zero-order valence-corrected chi connectivity index (χ0v) is 15.1. The molecule has 3 heterocycles. The largest absolute Gasteiger partial charge is 0.467 e. The summed E-state index contributed by atoms with van der Waals surface area (Å²) in [7, 11) is 1.84. The van der Waals surface area contributed by atoms with E-state index in [-0.39, 0.29) is 5.91 Å². The minimum absolute atomic E-state index is 0.145. The number of likely N-dealkylation sites (tertiary alicyclic amines) is 1. The van der Waals surface area contributed by atoms with Crippen LogP contribution in [0.3, 0.4) is 0 Å². The van der Waals surface area contributed by atoms with Crippen LogP contribution in [0.25, 0.3) is 10.9 Å². The van der Waals surface area contributed by atoms with Crippen molar-refractivity contribution in [3.05, 3.63) is 60.2 Å². The maximum absolute atomic E-state index is 12.5. The maximum Gasteiger partial charge on any atom is 0.236 e. The fraction of sp³-hybridized carbons (Fsp3) is 0.381. The van der Waals surface area contributed by atoms with Crippen LogP contribution in [0.1, 0.15) is 30.1 Å². The van der Waals surface area contributed by atoms with E-state index in [1.165, 1.54) is 16.5 Å². The van der Waals surface area contributed by atoms with E-state index < -0.39 is 0 Å². The number of para-hydroxylation sites is 1. The van der Waals surface area contributed by atoms with Crippen molar-refractivity contribution >= 4 is 16.8 Å². The number of likely N-dealkylation sites (N-methyl/N-ethyl adjacent to an activating group) is 1. The Morgan fingerprint density at radius 3 is 2.81 bits per heavy atom. The zero-order chi connectivity index (χ0) is 17.9. The molecule has 4 rings (SSSR count). The van der Waals surface area contributed by atoms with Crippen LogP contribution in [0.15, 0.2) is 53.3 Å². The Kier molecular flexibility index (Phi) is 4.80. The molecule has 5 nitrogen and oxygen atoms in total. The minimum Gasteiger partial charge on any atom is -0.467 e. The van der Waals surface area contributed by atoms with E-state index in [2.05, 4.69) is 40.3 Å². The Labute approximate surface area is 153 Å². The molecule has 0 bridgehead atoms. The third-order valence-electron chi connectivity index (χ3n) is 5.41. The number of aromatic nitrogens is 1.